The maximum Gasteiger partial charge on any atom is 0.229 e. The second kappa shape index (κ2) is 7.89. The number of nitrogens with zero attached hydrogens (tertiary/aromatic N) is 2. The number of anilines is 3. The van der Waals surface area contributed by atoms with Gasteiger partial charge in [-0.1, -0.05) is 48.8 Å². The molecule has 1 aromatic heterocycles. The Balaban J connectivity index is 2.30. The molecule has 0 spiro atoms. The Labute approximate surface area is 154 Å². The smallest absolute Gasteiger partial charge is 0.229 e. The second-order valence-electron chi connectivity index (χ2n) is 6.24. The molecule has 126 valence electrons. The number of aromatic nitrogens is 2. The molecular weight excluding hydrogens is 359 g/mol. The fourth-order valence-electron chi connectivity index (χ4n) is 1.79. The topological polar surface area (TPSA) is 49.8 Å². The van der Waals surface area contributed by atoms with Crippen LogP contribution in [-0.2, 0) is 0 Å². The van der Waals surface area contributed by atoms with Crippen LogP contribution in [0.25, 0.3) is 0 Å². The lowest BCUT2D eigenvalue weighted by molar-refractivity contribution is 1.10. The van der Waals surface area contributed by atoms with Gasteiger partial charge in [-0.25, -0.2) is 4.98 Å². The number of rotatable bonds is 4. The minimum Gasteiger partial charge on any atom is -0.369 e. The molecule has 0 aliphatic carbocycles. The van der Waals surface area contributed by atoms with E-state index in [4.69, 9.17) is 23.2 Å². The molecule has 1 heterocycles. The largest absolute Gasteiger partial charge is 0.369 e. The predicted molar refractivity (Wildman–Crippen MR) is 106 cm³/mol. The minimum atomic E-state index is -1.46. The molecule has 0 radical (unpaired) electrons. The highest BCUT2D eigenvalue weighted by Gasteiger charge is 2.10. The SMILES string of the molecule is CCNc1nc(Nc2ccc(Cl)c(Cl)c2)ncc1C#C[Si](C)(C)C. The van der Waals surface area contributed by atoms with Gasteiger partial charge in [0.15, 0.2) is 0 Å². The van der Waals surface area contributed by atoms with Gasteiger partial charge in [0.25, 0.3) is 0 Å². The van der Waals surface area contributed by atoms with Gasteiger partial charge in [-0.15, -0.1) is 5.54 Å². The molecule has 0 aliphatic rings. The maximum atomic E-state index is 6.03. The van der Waals surface area contributed by atoms with E-state index in [9.17, 15) is 0 Å². The Kier molecular flexibility index (Phi) is 6.11. The summed E-state index contributed by atoms with van der Waals surface area (Å²) in [5.41, 5.74) is 4.91. The van der Waals surface area contributed by atoms with E-state index in [1.807, 2.05) is 13.0 Å². The van der Waals surface area contributed by atoms with Crippen LogP contribution in [0.3, 0.4) is 0 Å². The van der Waals surface area contributed by atoms with Crippen molar-refractivity contribution in [2.45, 2.75) is 26.6 Å². The number of benzene rings is 1. The summed E-state index contributed by atoms with van der Waals surface area (Å²) in [6.07, 6.45) is 1.73. The third-order valence-corrected chi connectivity index (χ3v) is 4.49. The third-order valence-electron chi connectivity index (χ3n) is 2.88. The molecule has 0 saturated heterocycles. The highest BCUT2D eigenvalue weighted by atomic mass is 35.5. The van der Waals surface area contributed by atoms with Crippen molar-refractivity contribution in [2.75, 3.05) is 17.2 Å². The predicted octanol–water partition coefficient (Wildman–Crippen LogP) is 5.19. The molecule has 4 nitrogen and oxygen atoms in total. The normalized spacial score (nSPS) is 10.8. The molecule has 24 heavy (non-hydrogen) atoms. The summed E-state index contributed by atoms with van der Waals surface area (Å²) in [5, 5.41) is 7.34. The molecular formula is C17H20Cl2N4Si. The fraction of sp³-hybridized carbons (Fsp3) is 0.294. The van der Waals surface area contributed by atoms with Gasteiger partial charge in [0.05, 0.1) is 21.8 Å². The number of hydrogen-bond donors (Lipinski definition) is 2. The Morgan fingerprint density at radius 3 is 2.54 bits per heavy atom. The number of nitrogens with one attached hydrogen (secondary N) is 2. The summed E-state index contributed by atoms with van der Waals surface area (Å²) in [5.74, 6) is 4.40. The van der Waals surface area contributed by atoms with E-state index in [-0.39, 0.29) is 0 Å². The average Bonchev–Trinajstić information content (AvgIpc) is 2.50. The van der Waals surface area contributed by atoms with E-state index in [1.165, 1.54) is 0 Å². The Bertz CT molecular complexity index is 791. The highest BCUT2D eigenvalue weighted by Crippen LogP contribution is 2.26. The van der Waals surface area contributed by atoms with Gasteiger partial charge < -0.3 is 10.6 Å². The molecule has 0 unspecified atom stereocenters. The molecule has 0 aliphatic heterocycles. The van der Waals surface area contributed by atoms with Gasteiger partial charge in [-0.3, -0.25) is 0 Å². The standard InChI is InChI=1S/C17H20Cl2N4Si/c1-5-20-16-12(8-9-24(2,3)4)11-21-17(23-16)22-13-6-7-14(18)15(19)10-13/h6-7,10-11H,5H2,1-4H3,(H2,20,21,22,23). The molecule has 0 fully saturated rings. The molecule has 2 rings (SSSR count). The maximum absolute atomic E-state index is 6.03. The van der Waals surface area contributed by atoms with Crippen LogP contribution in [0.2, 0.25) is 29.7 Å². The van der Waals surface area contributed by atoms with Crippen LogP contribution in [-0.4, -0.2) is 24.6 Å². The fourth-order valence-corrected chi connectivity index (χ4v) is 2.60. The van der Waals surface area contributed by atoms with Gasteiger partial charge in [-0.05, 0) is 25.1 Å². The number of hydrogen-bond acceptors (Lipinski definition) is 4. The van der Waals surface area contributed by atoms with E-state index in [2.05, 4.69) is 51.7 Å². The van der Waals surface area contributed by atoms with E-state index >= 15 is 0 Å². The van der Waals surface area contributed by atoms with Crippen molar-refractivity contribution < 1.29 is 0 Å². The molecule has 1 aromatic carbocycles. The Morgan fingerprint density at radius 2 is 1.92 bits per heavy atom. The molecule has 7 heteroatoms. The molecule has 0 atom stereocenters. The molecule has 0 amide bonds. The lowest BCUT2D eigenvalue weighted by atomic mass is 10.3. The van der Waals surface area contributed by atoms with Gasteiger partial charge in [0.1, 0.15) is 13.9 Å². The third kappa shape index (κ3) is 5.41. The lowest BCUT2D eigenvalue weighted by Gasteiger charge is -2.10. The first kappa shape index (κ1) is 18.6. The van der Waals surface area contributed by atoms with Crippen molar-refractivity contribution >= 4 is 48.7 Å². The monoisotopic (exact) mass is 378 g/mol. The summed E-state index contributed by atoms with van der Waals surface area (Å²) in [6.45, 7) is 9.38. The van der Waals surface area contributed by atoms with E-state index in [0.29, 0.717) is 16.0 Å². The second-order valence-corrected chi connectivity index (χ2v) is 11.8. The summed E-state index contributed by atoms with van der Waals surface area (Å²) in [6, 6.07) is 5.29. The van der Waals surface area contributed by atoms with E-state index in [1.54, 1.807) is 18.3 Å². The lowest BCUT2D eigenvalue weighted by Crippen LogP contribution is -2.16. The summed E-state index contributed by atoms with van der Waals surface area (Å²) >= 11 is 12.0. The quantitative estimate of drug-likeness (QED) is 0.567. The number of halogens is 2. The first-order valence-corrected chi connectivity index (χ1v) is 11.9. The minimum absolute atomic E-state index is 0.475. The van der Waals surface area contributed by atoms with Crippen molar-refractivity contribution in [1.82, 2.24) is 9.97 Å². The van der Waals surface area contributed by atoms with Crippen LogP contribution in [0, 0.1) is 11.5 Å². The zero-order valence-electron chi connectivity index (χ0n) is 14.2. The Morgan fingerprint density at radius 1 is 1.17 bits per heavy atom. The van der Waals surface area contributed by atoms with Crippen LogP contribution in [0.5, 0.6) is 0 Å². The van der Waals surface area contributed by atoms with Crippen molar-refractivity contribution in [3.8, 4) is 11.5 Å². The summed E-state index contributed by atoms with van der Waals surface area (Å²) < 4.78 is 0. The zero-order chi connectivity index (χ0) is 17.7. The molecule has 2 aromatic rings. The molecule has 0 bridgehead atoms. The van der Waals surface area contributed by atoms with Crippen LogP contribution in [0.1, 0.15) is 12.5 Å². The highest BCUT2D eigenvalue weighted by molar-refractivity contribution is 6.83. The zero-order valence-corrected chi connectivity index (χ0v) is 16.7. The van der Waals surface area contributed by atoms with Gasteiger partial charge in [0, 0.05) is 12.2 Å². The van der Waals surface area contributed by atoms with Crippen LogP contribution in [0.15, 0.2) is 24.4 Å². The van der Waals surface area contributed by atoms with Gasteiger partial charge >= 0.3 is 0 Å². The first-order valence-electron chi connectivity index (χ1n) is 7.64. The van der Waals surface area contributed by atoms with Crippen LogP contribution < -0.4 is 10.6 Å². The molecule has 2 N–H and O–H groups in total. The van der Waals surface area contributed by atoms with E-state index in [0.717, 1.165) is 23.6 Å². The summed E-state index contributed by atoms with van der Waals surface area (Å²) in [7, 11) is -1.46. The Hall–Kier alpha value is -1.74. The van der Waals surface area contributed by atoms with Crippen LogP contribution >= 0.6 is 23.2 Å². The average molecular weight is 379 g/mol. The first-order chi connectivity index (χ1) is 11.3. The van der Waals surface area contributed by atoms with Crippen molar-refractivity contribution in [3.05, 3.63) is 40.0 Å². The van der Waals surface area contributed by atoms with Crippen LogP contribution in [0.4, 0.5) is 17.5 Å². The molecule has 0 saturated carbocycles. The van der Waals surface area contributed by atoms with Crippen molar-refractivity contribution in [2.24, 2.45) is 0 Å². The van der Waals surface area contributed by atoms with Gasteiger partial charge in [-0.2, -0.15) is 4.98 Å². The van der Waals surface area contributed by atoms with Crippen molar-refractivity contribution in [1.29, 1.82) is 0 Å². The van der Waals surface area contributed by atoms with E-state index < -0.39 is 8.07 Å². The van der Waals surface area contributed by atoms with Crippen molar-refractivity contribution in [3.63, 3.8) is 0 Å². The summed E-state index contributed by atoms with van der Waals surface area (Å²) in [4.78, 5) is 8.86. The van der Waals surface area contributed by atoms with Gasteiger partial charge in [0.2, 0.25) is 5.95 Å².